The van der Waals surface area contributed by atoms with Crippen molar-refractivity contribution in [2.24, 2.45) is 0 Å². The van der Waals surface area contributed by atoms with Gasteiger partial charge < -0.3 is 14.4 Å². The molecule has 1 aliphatic rings. The fourth-order valence-electron chi connectivity index (χ4n) is 3.16. The number of non-ortho nitro benzene ring substituents is 1. The topological polar surface area (TPSA) is 112 Å². The number of likely N-dealkylation sites (tertiary alicyclic amines) is 1. The SMILES string of the molecule is CCOC(=O)c1csc(C[C@@H]2C[C@H](S)CN2C(=O)OCc2ccc([N+](=O)[O-])cc2)n1. The van der Waals surface area contributed by atoms with Crippen molar-refractivity contribution in [3.05, 3.63) is 56.0 Å². The van der Waals surface area contributed by atoms with Crippen molar-refractivity contribution in [3.63, 3.8) is 0 Å². The van der Waals surface area contributed by atoms with Crippen LogP contribution in [-0.4, -0.2) is 51.3 Å². The lowest BCUT2D eigenvalue weighted by Crippen LogP contribution is -2.37. The first-order chi connectivity index (χ1) is 14.4. The predicted octanol–water partition coefficient (Wildman–Crippen LogP) is 3.48. The second kappa shape index (κ2) is 9.90. The standard InChI is InChI=1S/C19H21N3O6S2/c1-2-27-18(23)16-11-30-17(20-16)8-14-7-15(29)9-21(14)19(24)28-10-12-3-5-13(6-4-12)22(25)26/h3-6,11,14-15,29H,2,7-10H2,1H3/t14-,15-/m0/s1. The Balaban J connectivity index is 1.59. The van der Waals surface area contributed by atoms with Crippen LogP contribution in [0, 0.1) is 10.1 Å². The monoisotopic (exact) mass is 451 g/mol. The minimum Gasteiger partial charge on any atom is -0.461 e. The van der Waals surface area contributed by atoms with Crippen LogP contribution in [0.2, 0.25) is 0 Å². The highest BCUT2D eigenvalue weighted by atomic mass is 32.1. The lowest BCUT2D eigenvalue weighted by molar-refractivity contribution is -0.384. The van der Waals surface area contributed by atoms with Crippen molar-refractivity contribution in [1.29, 1.82) is 0 Å². The first kappa shape index (κ1) is 22.0. The van der Waals surface area contributed by atoms with Gasteiger partial charge in [-0.05, 0) is 31.0 Å². The maximum atomic E-state index is 12.6. The van der Waals surface area contributed by atoms with Crippen LogP contribution in [0.15, 0.2) is 29.6 Å². The zero-order chi connectivity index (χ0) is 21.7. The predicted molar refractivity (Wildman–Crippen MR) is 113 cm³/mol. The number of benzene rings is 1. The molecule has 160 valence electrons. The van der Waals surface area contributed by atoms with Gasteiger partial charge in [-0.2, -0.15) is 12.6 Å². The Morgan fingerprint density at radius 1 is 1.33 bits per heavy atom. The molecule has 1 amide bonds. The molecule has 1 saturated heterocycles. The number of hydrogen-bond donors (Lipinski definition) is 1. The van der Waals surface area contributed by atoms with Crippen molar-refractivity contribution >= 4 is 41.7 Å². The summed E-state index contributed by atoms with van der Waals surface area (Å²) in [5.74, 6) is -0.460. The van der Waals surface area contributed by atoms with Crippen molar-refractivity contribution in [3.8, 4) is 0 Å². The Morgan fingerprint density at radius 3 is 2.73 bits per heavy atom. The number of carbonyl (C=O) groups excluding carboxylic acids is 2. The Labute approximate surface area is 182 Å². The van der Waals surface area contributed by atoms with Crippen LogP contribution >= 0.6 is 24.0 Å². The number of thiol groups is 1. The fraction of sp³-hybridized carbons (Fsp3) is 0.421. The molecular weight excluding hydrogens is 430 g/mol. The van der Waals surface area contributed by atoms with Crippen LogP contribution in [0.5, 0.6) is 0 Å². The molecular formula is C19H21N3O6S2. The highest BCUT2D eigenvalue weighted by Crippen LogP contribution is 2.27. The molecule has 0 unspecified atom stereocenters. The van der Waals surface area contributed by atoms with E-state index in [1.54, 1.807) is 29.3 Å². The highest BCUT2D eigenvalue weighted by molar-refractivity contribution is 7.81. The third-order valence-corrected chi connectivity index (χ3v) is 5.83. The molecule has 2 heterocycles. The van der Waals surface area contributed by atoms with Gasteiger partial charge in [0.15, 0.2) is 5.69 Å². The van der Waals surface area contributed by atoms with Gasteiger partial charge in [0.05, 0.1) is 16.5 Å². The van der Waals surface area contributed by atoms with Crippen LogP contribution in [0.4, 0.5) is 10.5 Å². The van der Waals surface area contributed by atoms with E-state index in [4.69, 9.17) is 9.47 Å². The number of nitro groups is 1. The van der Waals surface area contributed by atoms with Gasteiger partial charge in [-0.1, -0.05) is 0 Å². The summed E-state index contributed by atoms with van der Waals surface area (Å²) in [6.45, 7) is 2.48. The van der Waals surface area contributed by atoms with Gasteiger partial charge in [-0.15, -0.1) is 11.3 Å². The second-order valence-corrected chi connectivity index (χ2v) is 8.40. The number of nitro benzene ring substituents is 1. The van der Waals surface area contributed by atoms with Gasteiger partial charge in [-0.25, -0.2) is 14.6 Å². The molecule has 11 heteroatoms. The van der Waals surface area contributed by atoms with E-state index in [0.717, 1.165) is 5.01 Å². The van der Waals surface area contributed by atoms with Gasteiger partial charge in [0.25, 0.3) is 5.69 Å². The lowest BCUT2D eigenvalue weighted by atomic mass is 10.1. The summed E-state index contributed by atoms with van der Waals surface area (Å²) < 4.78 is 10.3. The molecule has 1 aromatic carbocycles. The van der Waals surface area contributed by atoms with Crippen molar-refractivity contribution in [1.82, 2.24) is 9.88 Å². The number of amides is 1. The molecule has 0 spiro atoms. The Morgan fingerprint density at radius 2 is 2.07 bits per heavy atom. The summed E-state index contributed by atoms with van der Waals surface area (Å²) in [4.78, 5) is 40.6. The zero-order valence-electron chi connectivity index (χ0n) is 16.2. The van der Waals surface area contributed by atoms with Crippen molar-refractivity contribution in [2.45, 2.75) is 37.7 Å². The maximum Gasteiger partial charge on any atom is 0.410 e. The maximum absolute atomic E-state index is 12.6. The van der Waals surface area contributed by atoms with E-state index >= 15 is 0 Å². The first-order valence-electron chi connectivity index (χ1n) is 9.33. The van der Waals surface area contributed by atoms with E-state index in [-0.39, 0.29) is 35.9 Å². The Hall–Kier alpha value is -2.66. The number of carbonyl (C=O) groups is 2. The number of rotatable bonds is 7. The third kappa shape index (κ3) is 5.48. The van der Waals surface area contributed by atoms with Gasteiger partial charge in [-0.3, -0.25) is 10.1 Å². The van der Waals surface area contributed by atoms with Crippen LogP contribution in [-0.2, 0) is 22.5 Å². The van der Waals surface area contributed by atoms with E-state index < -0.39 is 17.0 Å². The molecule has 2 atom stereocenters. The van der Waals surface area contributed by atoms with Gasteiger partial charge >= 0.3 is 12.1 Å². The number of thiazole rings is 1. The minimum atomic E-state index is -0.483. The highest BCUT2D eigenvalue weighted by Gasteiger charge is 2.35. The summed E-state index contributed by atoms with van der Waals surface area (Å²) in [5.41, 5.74) is 0.906. The quantitative estimate of drug-likeness (QED) is 0.297. The summed E-state index contributed by atoms with van der Waals surface area (Å²) in [7, 11) is 0. The molecule has 0 N–H and O–H groups in total. The zero-order valence-corrected chi connectivity index (χ0v) is 17.9. The van der Waals surface area contributed by atoms with Crippen molar-refractivity contribution in [2.75, 3.05) is 13.2 Å². The minimum absolute atomic E-state index is 0.0154. The number of nitrogens with zero attached hydrogens (tertiary/aromatic N) is 3. The molecule has 0 bridgehead atoms. The number of esters is 1. The smallest absolute Gasteiger partial charge is 0.410 e. The number of aromatic nitrogens is 1. The molecule has 0 aliphatic carbocycles. The van der Waals surface area contributed by atoms with Crippen LogP contribution in [0.3, 0.4) is 0 Å². The summed E-state index contributed by atoms with van der Waals surface area (Å²) in [6.07, 6.45) is 0.703. The molecule has 9 nitrogen and oxygen atoms in total. The fourth-order valence-corrected chi connectivity index (χ4v) is 4.41. The average molecular weight is 452 g/mol. The molecule has 1 aliphatic heterocycles. The van der Waals surface area contributed by atoms with Crippen LogP contribution in [0.1, 0.15) is 34.4 Å². The van der Waals surface area contributed by atoms with E-state index in [2.05, 4.69) is 17.6 Å². The van der Waals surface area contributed by atoms with Gasteiger partial charge in [0, 0.05) is 41.8 Å². The van der Waals surface area contributed by atoms with E-state index in [1.807, 2.05) is 0 Å². The molecule has 30 heavy (non-hydrogen) atoms. The van der Waals surface area contributed by atoms with Crippen molar-refractivity contribution < 1.29 is 24.0 Å². The second-order valence-electron chi connectivity index (χ2n) is 6.72. The largest absolute Gasteiger partial charge is 0.461 e. The summed E-state index contributed by atoms with van der Waals surface area (Å²) >= 11 is 5.85. The van der Waals surface area contributed by atoms with Crippen LogP contribution in [0.25, 0.3) is 0 Å². The molecule has 0 radical (unpaired) electrons. The Bertz CT molecular complexity index is 917. The average Bonchev–Trinajstić information content (AvgIpc) is 3.33. The van der Waals surface area contributed by atoms with E-state index in [0.29, 0.717) is 24.9 Å². The van der Waals surface area contributed by atoms with Gasteiger partial charge in [0.2, 0.25) is 0 Å². The molecule has 0 saturated carbocycles. The normalized spacial score (nSPS) is 18.3. The molecule has 1 fully saturated rings. The van der Waals surface area contributed by atoms with Crippen LogP contribution < -0.4 is 0 Å². The summed E-state index contributed by atoms with van der Waals surface area (Å²) in [5, 5.41) is 13.1. The number of hydrogen-bond acceptors (Lipinski definition) is 9. The molecule has 1 aromatic heterocycles. The first-order valence-corrected chi connectivity index (χ1v) is 10.7. The Kier molecular flexibility index (Phi) is 7.27. The number of ether oxygens (including phenoxy) is 2. The summed E-state index contributed by atoms with van der Waals surface area (Å²) in [6, 6.07) is 5.71. The van der Waals surface area contributed by atoms with E-state index in [1.165, 1.54) is 23.5 Å². The molecule has 2 aromatic rings. The lowest BCUT2D eigenvalue weighted by Gasteiger charge is -2.23. The van der Waals surface area contributed by atoms with E-state index in [9.17, 15) is 19.7 Å². The van der Waals surface area contributed by atoms with Gasteiger partial charge in [0.1, 0.15) is 6.61 Å². The third-order valence-electron chi connectivity index (χ3n) is 4.58. The molecule has 3 rings (SSSR count).